The van der Waals surface area contributed by atoms with Gasteiger partial charge >= 0.3 is 0 Å². The topological polar surface area (TPSA) is 30.5 Å². The SMILES string of the molecule is C=C(Br)COc1c(CNC(C)C)cccc1OCC. The van der Waals surface area contributed by atoms with Gasteiger partial charge < -0.3 is 14.8 Å². The standard InChI is InChI=1S/C15H22BrNO2/c1-5-18-14-8-6-7-13(9-17-11(2)3)15(14)19-10-12(4)16/h6-8,11,17H,4-5,9-10H2,1-3H3. The summed E-state index contributed by atoms with van der Waals surface area (Å²) in [5.41, 5.74) is 1.09. The van der Waals surface area contributed by atoms with Crippen molar-refractivity contribution in [1.29, 1.82) is 0 Å². The number of benzene rings is 1. The van der Waals surface area contributed by atoms with Crippen LogP contribution < -0.4 is 14.8 Å². The van der Waals surface area contributed by atoms with Gasteiger partial charge in [-0.3, -0.25) is 0 Å². The first-order valence-electron chi connectivity index (χ1n) is 6.48. The van der Waals surface area contributed by atoms with Gasteiger partial charge in [-0.1, -0.05) is 48.5 Å². The lowest BCUT2D eigenvalue weighted by Gasteiger charge is -2.17. The average molecular weight is 328 g/mol. The Morgan fingerprint density at radius 3 is 2.68 bits per heavy atom. The fraction of sp³-hybridized carbons (Fsp3) is 0.467. The van der Waals surface area contributed by atoms with Gasteiger partial charge in [0.15, 0.2) is 11.5 Å². The molecule has 0 saturated carbocycles. The van der Waals surface area contributed by atoms with E-state index in [4.69, 9.17) is 9.47 Å². The van der Waals surface area contributed by atoms with Crippen molar-refractivity contribution in [2.45, 2.75) is 33.4 Å². The molecule has 0 heterocycles. The zero-order valence-corrected chi connectivity index (χ0v) is 13.4. The maximum atomic E-state index is 5.80. The van der Waals surface area contributed by atoms with E-state index >= 15 is 0 Å². The molecule has 0 aromatic heterocycles. The Bertz CT molecular complexity index is 419. The second-order valence-corrected chi connectivity index (χ2v) is 5.64. The van der Waals surface area contributed by atoms with Crippen LogP contribution in [0.15, 0.2) is 29.3 Å². The van der Waals surface area contributed by atoms with E-state index in [1.165, 1.54) is 0 Å². The largest absolute Gasteiger partial charge is 0.490 e. The van der Waals surface area contributed by atoms with E-state index in [2.05, 4.69) is 41.7 Å². The van der Waals surface area contributed by atoms with Crippen LogP contribution in [0.4, 0.5) is 0 Å². The van der Waals surface area contributed by atoms with Crippen LogP contribution >= 0.6 is 15.9 Å². The van der Waals surface area contributed by atoms with Crippen LogP contribution in [0.3, 0.4) is 0 Å². The lowest BCUT2D eigenvalue weighted by Crippen LogP contribution is -2.22. The highest BCUT2D eigenvalue weighted by molar-refractivity contribution is 9.11. The van der Waals surface area contributed by atoms with Gasteiger partial charge in [0, 0.05) is 22.6 Å². The lowest BCUT2D eigenvalue weighted by atomic mass is 10.1. The van der Waals surface area contributed by atoms with Gasteiger partial charge in [-0.2, -0.15) is 0 Å². The molecule has 106 valence electrons. The molecule has 0 spiro atoms. The number of halogens is 1. The number of hydrogen-bond acceptors (Lipinski definition) is 3. The zero-order chi connectivity index (χ0) is 14.3. The smallest absolute Gasteiger partial charge is 0.166 e. The average Bonchev–Trinajstić information content (AvgIpc) is 2.35. The molecule has 0 bridgehead atoms. The molecular weight excluding hydrogens is 306 g/mol. The molecule has 0 aliphatic carbocycles. The molecule has 0 unspecified atom stereocenters. The molecule has 0 saturated heterocycles. The summed E-state index contributed by atoms with van der Waals surface area (Å²) in [6, 6.07) is 6.38. The third-order valence-electron chi connectivity index (χ3n) is 2.43. The van der Waals surface area contributed by atoms with Gasteiger partial charge in [0.2, 0.25) is 0 Å². The highest BCUT2D eigenvalue weighted by Gasteiger charge is 2.11. The predicted octanol–water partition coefficient (Wildman–Crippen LogP) is 3.87. The van der Waals surface area contributed by atoms with Crippen molar-refractivity contribution in [3.63, 3.8) is 0 Å². The Morgan fingerprint density at radius 1 is 1.37 bits per heavy atom. The molecular formula is C15H22BrNO2. The summed E-state index contributed by atoms with van der Waals surface area (Å²) in [6.07, 6.45) is 0. The summed E-state index contributed by atoms with van der Waals surface area (Å²) in [5, 5.41) is 3.39. The van der Waals surface area contributed by atoms with Crippen molar-refractivity contribution < 1.29 is 9.47 Å². The summed E-state index contributed by atoms with van der Waals surface area (Å²) < 4.78 is 12.2. The van der Waals surface area contributed by atoms with Gasteiger partial charge in [-0.25, -0.2) is 0 Å². The number of para-hydroxylation sites is 1. The summed E-state index contributed by atoms with van der Waals surface area (Å²) in [6.45, 7) is 11.8. The Labute approximate surface area is 124 Å². The van der Waals surface area contributed by atoms with Crippen LogP contribution in [0.1, 0.15) is 26.3 Å². The van der Waals surface area contributed by atoms with E-state index < -0.39 is 0 Å². The minimum absolute atomic E-state index is 0.426. The van der Waals surface area contributed by atoms with Gasteiger partial charge in [-0.15, -0.1) is 0 Å². The van der Waals surface area contributed by atoms with Crippen LogP contribution in [-0.2, 0) is 6.54 Å². The summed E-state index contributed by atoms with van der Waals surface area (Å²) in [5.74, 6) is 1.57. The van der Waals surface area contributed by atoms with E-state index in [-0.39, 0.29) is 0 Å². The molecule has 0 aliphatic heterocycles. The minimum atomic E-state index is 0.426. The third kappa shape index (κ3) is 5.66. The van der Waals surface area contributed by atoms with Gasteiger partial charge in [0.25, 0.3) is 0 Å². The minimum Gasteiger partial charge on any atom is -0.490 e. The maximum absolute atomic E-state index is 5.80. The van der Waals surface area contributed by atoms with Crippen LogP contribution in [0.25, 0.3) is 0 Å². The fourth-order valence-electron chi connectivity index (χ4n) is 1.60. The molecule has 1 rings (SSSR count). The van der Waals surface area contributed by atoms with Crippen LogP contribution in [-0.4, -0.2) is 19.3 Å². The van der Waals surface area contributed by atoms with Crippen molar-refractivity contribution in [1.82, 2.24) is 5.32 Å². The first-order valence-corrected chi connectivity index (χ1v) is 7.28. The summed E-state index contributed by atoms with van der Waals surface area (Å²) in [4.78, 5) is 0. The molecule has 4 heteroatoms. The van der Waals surface area contributed by atoms with Crippen LogP contribution in [0, 0.1) is 0 Å². The zero-order valence-electron chi connectivity index (χ0n) is 11.8. The highest BCUT2D eigenvalue weighted by atomic mass is 79.9. The monoisotopic (exact) mass is 327 g/mol. The molecule has 0 radical (unpaired) electrons. The Hall–Kier alpha value is -1.00. The first kappa shape index (κ1) is 16.1. The van der Waals surface area contributed by atoms with E-state index in [0.29, 0.717) is 19.3 Å². The van der Waals surface area contributed by atoms with Crippen molar-refractivity contribution in [3.8, 4) is 11.5 Å². The lowest BCUT2D eigenvalue weighted by molar-refractivity contribution is 0.293. The fourth-order valence-corrected chi connectivity index (χ4v) is 1.71. The van der Waals surface area contributed by atoms with Crippen molar-refractivity contribution in [2.75, 3.05) is 13.2 Å². The van der Waals surface area contributed by atoms with E-state index in [9.17, 15) is 0 Å². The molecule has 1 aromatic rings. The second-order valence-electron chi connectivity index (χ2n) is 4.52. The molecule has 19 heavy (non-hydrogen) atoms. The van der Waals surface area contributed by atoms with Crippen LogP contribution in [0.2, 0.25) is 0 Å². The number of ether oxygens (including phenoxy) is 2. The molecule has 3 nitrogen and oxygen atoms in total. The molecule has 1 aromatic carbocycles. The Balaban J connectivity index is 2.92. The van der Waals surface area contributed by atoms with E-state index in [0.717, 1.165) is 28.1 Å². The molecule has 0 aliphatic rings. The molecule has 0 amide bonds. The van der Waals surface area contributed by atoms with Crippen LogP contribution in [0.5, 0.6) is 11.5 Å². The van der Waals surface area contributed by atoms with Crippen molar-refractivity contribution in [2.24, 2.45) is 0 Å². The normalized spacial score (nSPS) is 10.6. The maximum Gasteiger partial charge on any atom is 0.166 e. The quantitative estimate of drug-likeness (QED) is 0.786. The van der Waals surface area contributed by atoms with Gasteiger partial charge in [0.1, 0.15) is 6.61 Å². The predicted molar refractivity (Wildman–Crippen MR) is 83.1 cm³/mol. The number of hydrogen-bond donors (Lipinski definition) is 1. The molecule has 0 atom stereocenters. The Morgan fingerprint density at radius 2 is 2.11 bits per heavy atom. The Kier molecular flexibility index (Phi) is 6.95. The number of nitrogens with one attached hydrogen (secondary N) is 1. The van der Waals surface area contributed by atoms with Gasteiger partial charge in [-0.05, 0) is 13.0 Å². The van der Waals surface area contributed by atoms with Crippen molar-refractivity contribution >= 4 is 15.9 Å². The van der Waals surface area contributed by atoms with Crippen molar-refractivity contribution in [3.05, 3.63) is 34.8 Å². The second kappa shape index (κ2) is 8.23. The molecule has 1 N–H and O–H groups in total. The summed E-state index contributed by atoms with van der Waals surface area (Å²) in [7, 11) is 0. The first-order chi connectivity index (χ1) is 9.04. The van der Waals surface area contributed by atoms with E-state index in [1.54, 1.807) is 0 Å². The highest BCUT2D eigenvalue weighted by Crippen LogP contribution is 2.32. The molecule has 0 fully saturated rings. The van der Waals surface area contributed by atoms with Gasteiger partial charge in [0.05, 0.1) is 6.61 Å². The third-order valence-corrected chi connectivity index (χ3v) is 2.66. The summed E-state index contributed by atoms with van der Waals surface area (Å²) >= 11 is 3.31. The van der Waals surface area contributed by atoms with E-state index in [1.807, 2.05) is 25.1 Å². The number of rotatable bonds is 8.